The minimum Gasteiger partial charge on any atom is -0.508 e. The van der Waals surface area contributed by atoms with Gasteiger partial charge >= 0.3 is 0 Å². The summed E-state index contributed by atoms with van der Waals surface area (Å²) >= 11 is 0.442. The van der Waals surface area contributed by atoms with E-state index < -0.39 is 17.2 Å². The molecule has 188 valence electrons. The highest BCUT2D eigenvalue weighted by molar-refractivity contribution is 7.99. The number of hydrogen-bond donors (Lipinski definition) is 7. The van der Waals surface area contributed by atoms with Gasteiger partial charge in [0.15, 0.2) is 0 Å². The van der Waals surface area contributed by atoms with E-state index in [2.05, 4.69) is 15.6 Å². The summed E-state index contributed by atoms with van der Waals surface area (Å²) in [5, 5.41) is 16.4. The number of carbonyl (C=O) groups is 1. The second-order valence-electron chi connectivity index (χ2n) is 8.46. The fraction of sp³-hybridized carbons (Fsp3) is 0.333. The molecule has 0 bridgehead atoms. The third-order valence-corrected chi connectivity index (χ3v) is 6.71. The zero-order valence-corrected chi connectivity index (χ0v) is 20.0. The Morgan fingerprint density at radius 3 is 2.46 bits per heavy atom. The lowest BCUT2D eigenvalue weighted by atomic mass is 9.79. The van der Waals surface area contributed by atoms with Gasteiger partial charge in [-0.1, -0.05) is 17.8 Å². The Bertz CT molecular complexity index is 1070. The van der Waals surface area contributed by atoms with Gasteiger partial charge in [-0.25, -0.2) is 4.99 Å². The average molecular weight is 506 g/mol. The maximum Gasteiger partial charge on any atom is 0.288 e. The van der Waals surface area contributed by atoms with Crippen molar-refractivity contribution in [3.8, 4) is 5.75 Å². The number of rotatable bonds is 10. The van der Waals surface area contributed by atoms with Crippen molar-refractivity contribution in [2.45, 2.75) is 47.9 Å². The van der Waals surface area contributed by atoms with Crippen LogP contribution in [0.15, 0.2) is 65.2 Å². The Balaban J connectivity index is 1.66. The van der Waals surface area contributed by atoms with E-state index in [-0.39, 0.29) is 23.2 Å². The number of phenols is 1. The molecule has 35 heavy (non-hydrogen) atoms. The van der Waals surface area contributed by atoms with Crippen molar-refractivity contribution in [3.63, 3.8) is 0 Å². The number of alkyl halides is 2. The molecule has 0 spiro atoms. The molecule has 2 aromatic rings. The predicted octanol–water partition coefficient (Wildman–Crippen LogP) is 1.49. The number of hydrogen-bond acceptors (Lipinski definition) is 6. The number of halogens is 2. The van der Waals surface area contributed by atoms with E-state index in [1.807, 2.05) is 6.07 Å². The normalized spacial score (nSPS) is 21.1. The van der Waals surface area contributed by atoms with Gasteiger partial charge in [0.2, 0.25) is 0 Å². The number of amidine groups is 1. The molecule has 11 heteroatoms. The summed E-state index contributed by atoms with van der Waals surface area (Å²) in [7, 11) is 0. The molecule has 0 atom stereocenters. The van der Waals surface area contributed by atoms with Crippen molar-refractivity contribution in [1.29, 1.82) is 0 Å². The van der Waals surface area contributed by atoms with Gasteiger partial charge in [-0.2, -0.15) is 8.78 Å². The molecule has 1 fully saturated rings. The summed E-state index contributed by atoms with van der Waals surface area (Å²) in [6, 6.07) is 13.5. The minimum absolute atomic E-state index is 0.0330. The van der Waals surface area contributed by atoms with Crippen LogP contribution in [0.3, 0.4) is 0 Å². The van der Waals surface area contributed by atoms with E-state index in [0.29, 0.717) is 28.9 Å². The van der Waals surface area contributed by atoms with Gasteiger partial charge in [0.1, 0.15) is 17.0 Å². The molecule has 3 rings (SSSR count). The average Bonchev–Trinajstić information content (AvgIpc) is 2.81. The standard InChI is InChI=1S/C24H30F2N6O2S/c25-23(26)35-19-6-4-15(5-7-19)32-21(28)20(22(29)34)13-30-24(14-27)10-8-16(9-11-24)31-17-2-1-3-18(33)12-17/h1-7,12-13,16,23,30-31,33H,8-11,14,27H2,(H2,28,32)(H2,29,34)/p+1/b20-13+. The molecule has 10 N–H and O–H groups in total. The van der Waals surface area contributed by atoms with Gasteiger partial charge < -0.3 is 27.2 Å². The number of primary amides is 1. The van der Waals surface area contributed by atoms with Crippen LogP contribution in [0.25, 0.3) is 0 Å². The quantitative estimate of drug-likeness (QED) is 0.112. The Hall–Kier alpha value is -3.31. The highest BCUT2D eigenvalue weighted by Crippen LogP contribution is 2.30. The number of carbonyl (C=O) groups excluding carboxylic acids is 1. The maximum atomic E-state index is 12.5. The first-order valence-corrected chi connectivity index (χ1v) is 12.1. The molecule has 1 aliphatic carbocycles. The van der Waals surface area contributed by atoms with Gasteiger partial charge in [-0.3, -0.25) is 10.5 Å². The number of anilines is 1. The Morgan fingerprint density at radius 2 is 1.89 bits per heavy atom. The molecule has 2 aromatic carbocycles. The van der Waals surface area contributed by atoms with E-state index in [4.69, 9.17) is 17.2 Å². The molecule has 1 amide bonds. The number of nitrogens with two attached hydrogens (primary N) is 3. The zero-order chi connectivity index (χ0) is 25.4. The fourth-order valence-electron chi connectivity index (χ4n) is 4.00. The highest BCUT2D eigenvalue weighted by atomic mass is 32.2. The largest absolute Gasteiger partial charge is 0.508 e. The lowest BCUT2D eigenvalue weighted by molar-refractivity contribution is -0.354. The molecular weight excluding hydrogens is 474 g/mol. The van der Waals surface area contributed by atoms with Gasteiger partial charge in [0.25, 0.3) is 17.5 Å². The van der Waals surface area contributed by atoms with E-state index >= 15 is 0 Å². The van der Waals surface area contributed by atoms with Crippen LogP contribution in [0, 0.1) is 0 Å². The van der Waals surface area contributed by atoms with Gasteiger partial charge in [0, 0.05) is 41.0 Å². The molecule has 0 radical (unpaired) electrons. The summed E-state index contributed by atoms with van der Waals surface area (Å²) in [6.45, 7) is 0.352. The topological polar surface area (TPSA) is 153 Å². The van der Waals surface area contributed by atoms with Crippen LogP contribution < -0.4 is 32.8 Å². The molecule has 0 aliphatic heterocycles. The van der Waals surface area contributed by atoms with Crippen LogP contribution in [0.5, 0.6) is 5.75 Å². The molecule has 8 nitrogen and oxygen atoms in total. The number of nitrogens with one attached hydrogen (secondary N) is 3. The summed E-state index contributed by atoms with van der Waals surface area (Å²) in [6.07, 6.45) is 4.65. The number of thioether (sulfide) groups is 1. The molecule has 1 aliphatic rings. The van der Waals surface area contributed by atoms with Crippen LogP contribution in [0.1, 0.15) is 25.7 Å². The van der Waals surface area contributed by atoms with Crippen molar-refractivity contribution in [2.24, 2.45) is 17.2 Å². The van der Waals surface area contributed by atoms with E-state index in [0.717, 1.165) is 31.4 Å². The van der Waals surface area contributed by atoms with Crippen molar-refractivity contribution >= 4 is 34.9 Å². The minimum atomic E-state index is -2.51. The third kappa shape index (κ3) is 7.59. The second kappa shape index (κ2) is 11.9. The van der Waals surface area contributed by atoms with Crippen molar-refractivity contribution in [3.05, 3.63) is 60.3 Å². The lowest BCUT2D eigenvalue weighted by Gasteiger charge is -2.40. The highest BCUT2D eigenvalue weighted by Gasteiger charge is 2.34. The number of phenolic OH excluding ortho intramolecular Hbond substituents is 1. The fourth-order valence-corrected chi connectivity index (χ4v) is 4.50. The van der Waals surface area contributed by atoms with E-state index in [1.165, 1.54) is 18.3 Å². The summed E-state index contributed by atoms with van der Waals surface area (Å²) in [5.74, 6) is -2.99. The number of amides is 1. The van der Waals surface area contributed by atoms with E-state index in [1.54, 1.807) is 30.3 Å². The lowest BCUT2D eigenvalue weighted by Crippen LogP contribution is -2.70. The first-order chi connectivity index (χ1) is 16.7. The van der Waals surface area contributed by atoms with Gasteiger partial charge in [-0.05, 0) is 62.1 Å². The smallest absolute Gasteiger partial charge is 0.288 e. The van der Waals surface area contributed by atoms with Gasteiger partial charge in [-0.15, -0.1) is 0 Å². The van der Waals surface area contributed by atoms with Crippen molar-refractivity contribution < 1.29 is 23.7 Å². The van der Waals surface area contributed by atoms with E-state index in [9.17, 15) is 18.7 Å². The molecule has 0 heterocycles. The predicted molar refractivity (Wildman–Crippen MR) is 134 cm³/mol. The Labute approximate surface area is 207 Å². The second-order valence-corrected chi connectivity index (χ2v) is 9.53. The molecule has 0 aromatic heterocycles. The van der Waals surface area contributed by atoms with Crippen LogP contribution in [-0.4, -0.2) is 40.7 Å². The SMILES string of the molecule is NCC1(N/C=C(/C(N)=O)C(N)=[NH+]c2ccc(SC(F)F)cc2)CCC(Nc2cccc(O)c2)CC1. The zero-order valence-electron chi connectivity index (χ0n) is 19.1. The van der Waals surface area contributed by atoms with Crippen molar-refractivity contribution in [1.82, 2.24) is 5.32 Å². The van der Waals surface area contributed by atoms with Gasteiger partial charge in [0.05, 0.1) is 0 Å². The third-order valence-electron chi connectivity index (χ3n) is 5.99. The van der Waals surface area contributed by atoms with Crippen LogP contribution in [0.4, 0.5) is 20.2 Å². The van der Waals surface area contributed by atoms with Crippen LogP contribution in [-0.2, 0) is 4.79 Å². The molecule has 0 saturated heterocycles. The summed E-state index contributed by atoms with van der Waals surface area (Å²) in [4.78, 5) is 15.4. The van der Waals surface area contributed by atoms with Crippen LogP contribution >= 0.6 is 11.8 Å². The van der Waals surface area contributed by atoms with Crippen molar-refractivity contribution in [2.75, 3.05) is 11.9 Å². The Morgan fingerprint density at radius 1 is 1.20 bits per heavy atom. The maximum absolute atomic E-state index is 12.5. The number of aromatic hydroxyl groups is 1. The summed E-state index contributed by atoms with van der Waals surface area (Å²) in [5.41, 5.74) is 18.8. The number of benzene rings is 2. The first-order valence-electron chi connectivity index (χ1n) is 11.2. The first kappa shape index (κ1) is 26.3. The molecular formula is C24H31F2N6O2S+. The molecule has 0 unspecified atom stereocenters. The molecule has 1 saturated carbocycles. The van der Waals surface area contributed by atoms with Crippen LogP contribution in [0.2, 0.25) is 0 Å². The monoisotopic (exact) mass is 505 g/mol. The summed E-state index contributed by atoms with van der Waals surface area (Å²) < 4.78 is 25.0. The Kier molecular flexibility index (Phi) is 8.94.